The summed E-state index contributed by atoms with van der Waals surface area (Å²) in [4.78, 5) is 41.4. The number of methoxy groups -OCH3 is 1. The van der Waals surface area contributed by atoms with Crippen LogP contribution in [0.15, 0.2) is 41.3 Å². The number of carbonyl (C=O) groups is 2. The van der Waals surface area contributed by atoms with Gasteiger partial charge in [0.15, 0.2) is 11.6 Å². The van der Waals surface area contributed by atoms with Gasteiger partial charge in [-0.1, -0.05) is 13.0 Å². The van der Waals surface area contributed by atoms with Crippen LogP contribution < -0.4 is 15.8 Å². The summed E-state index contributed by atoms with van der Waals surface area (Å²) in [7, 11) is 1.38. The maximum atomic E-state index is 14.7. The molecule has 12 heteroatoms. The van der Waals surface area contributed by atoms with Gasteiger partial charge in [-0.3, -0.25) is 9.59 Å². The Kier molecular flexibility index (Phi) is 5.34. The van der Waals surface area contributed by atoms with Gasteiger partial charge in [-0.15, -0.1) is 0 Å². The molecule has 190 valence electrons. The summed E-state index contributed by atoms with van der Waals surface area (Å²) >= 11 is 3.30. The van der Waals surface area contributed by atoms with E-state index in [2.05, 4.69) is 43.1 Å². The molecule has 0 spiro atoms. The van der Waals surface area contributed by atoms with Gasteiger partial charge in [0, 0.05) is 17.5 Å². The van der Waals surface area contributed by atoms with Gasteiger partial charge in [-0.2, -0.15) is 0 Å². The van der Waals surface area contributed by atoms with Gasteiger partial charge in [0.25, 0.3) is 0 Å². The molecule has 1 aliphatic heterocycles. The number of nitrogen functional groups attached to an aromatic ring is 1. The Labute approximate surface area is 219 Å². The van der Waals surface area contributed by atoms with Crippen molar-refractivity contribution in [3.63, 3.8) is 0 Å². The molecule has 37 heavy (non-hydrogen) atoms. The normalized spacial score (nSPS) is 22.3. The minimum absolute atomic E-state index is 0.0455. The number of rotatable bonds is 5. The summed E-state index contributed by atoms with van der Waals surface area (Å²) < 4.78 is 22.1. The zero-order valence-electron chi connectivity index (χ0n) is 20.0. The summed E-state index contributed by atoms with van der Waals surface area (Å²) in [6.07, 6.45) is 2.68. The topological polar surface area (TPSA) is 128 Å². The van der Waals surface area contributed by atoms with Gasteiger partial charge in [-0.25, -0.2) is 19.3 Å². The van der Waals surface area contributed by atoms with Crippen molar-refractivity contribution in [3.05, 3.63) is 47.1 Å². The van der Waals surface area contributed by atoms with Gasteiger partial charge < -0.3 is 25.3 Å². The second-order valence-corrected chi connectivity index (χ2v) is 10.6. The Bertz CT molecular complexity index is 1610. The predicted molar refractivity (Wildman–Crippen MR) is 138 cm³/mol. The summed E-state index contributed by atoms with van der Waals surface area (Å²) in [6, 6.07) is 7.36. The largest absolute Gasteiger partial charge is 0.494 e. The van der Waals surface area contributed by atoms with Crippen molar-refractivity contribution in [2.24, 2.45) is 5.41 Å². The first-order chi connectivity index (χ1) is 17.7. The average Bonchev–Trinajstić information content (AvgIpc) is 3.28. The molecule has 2 fully saturated rings. The molecule has 2 aliphatic rings. The van der Waals surface area contributed by atoms with Crippen molar-refractivity contribution in [3.8, 4) is 5.75 Å². The Balaban J connectivity index is 1.36. The molecular weight excluding hydrogens is 545 g/mol. The highest BCUT2D eigenvalue weighted by Gasteiger charge is 2.64. The fourth-order valence-corrected chi connectivity index (χ4v) is 5.86. The summed E-state index contributed by atoms with van der Waals surface area (Å²) in [5.41, 5.74) is 6.88. The highest BCUT2D eigenvalue weighted by Crippen LogP contribution is 2.59. The number of benzene rings is 1. The molecule has 1 saturated heterocycles. The lowest BCUT2D eigenvalue weighted by molar-refractivity contribution is -0.138. The quantitative estimate of drug-likeness (QED) is 0.353. The Morgan fingerprint density at radius 3 is 2.86 bits per heavy atom. The van der Waals surface area contributed by atoms with Gasteiger partial charge in [0.1, 0.15) is 40.8 Å². The number of nitrogens with zero attached hydrogens (tertiary/aromatic N) is 5. The van der Waals surface area contributed by atoms with Crippen LogP contribution in [0, 0.1) is 11.2 Å². The molecule has 6 rings (SSSR count). The first kappa shape index (κ1) is 23.6. The van der Waals surface area contributed by atoms with E-state index in [0.717, 1.165) is 6.42 Å². The maximum absolute atomic E-state index is 14.7. The smallest absolute Gasteiger partial charge is 0.248 e. The van der Waals surface area contributed by atoms with Gasteiger partial charge in [0.05, 0.1) is 18.0 Å². The molecular formula is C25H23BrFN7O3. The van der Waals surface area contributed by atoms with Crippen molar-refractivity contribution in [1.29, 1.82) is 0 Å². The van der Waals surface area contributed by atoms with Crippen LogP contribution in [0.25, 0.3) is 21.9 Å². The molecule has 4 heterocycles. The molecule has 10 nitrogen and oxygen atoms in total. The standard InChI is InChI=1S/C25H23BrFN7O3/c1-25-8-15(24(36)32-19-5-3-4-18(26)31-19)34(17(25)9-25)20(35)10-33-14-7-13(27)16(37-2)6-12(14)21-22(28)29-11-30-23(21)33/h3-7,11,15,17H,8-10H2,1-2H3,(H2,28,29,30)(H,31,32,36). The first-order valence-electron chi connectivity index (χ1n) is 11.7. The maximum Gasteiger partial charge on any atom is 0.248 e. The fourth-order valence-electron chi connectivity index (χ4n) is 5.51. The van der Waals surface area contributed by atoms with E-state index in [0.29, 0.717) is 38.8 Å². The van der Waals surface area contributed by atoms with E-state index in [1.807, 2.05) is 0 Å². The molecule has 3 atom stereocenters. The number of aromatic nitrogens is 4. The highest BCUT2D eigenvalue weighted by atomic mass is 79.9. The number of nitrogens with one attached hydrogen (secondary N) is 1. The molecule has 3 aromatic heterocycles. The van der Waals surface area contributed by atoms with E-state index in [1.54, 1.807) is 27.7 Å². The number of halogens is 2. The number of pyridine rings is 1. The van der Waals surface area contributed by atoms with E-state index < -0.39 is 11.9 Å². The zero-order valence-corrected chi connectivity index (χ0v) is 21.6. The monoisotopic (exact) mass is 567 g/mol. The second kappa shape index (κ2) is 8.37. The molecule has 1 saturated carbocycles. The van der Waals surface area contributed by atoms with E-state index in [9.17, 15) is 14.0 Å². The lowest BCUT2D eigenvalue weighted by Gasteiger charge is -2.27. The third-order valence-electron chi connectivity index (χ3n) is 7.43. The van der Waals surface area contributed by atoms with Gasteiger partial charge >= 0.3 is 0 Å². The minimum atomic E-state index is -0.651. The third kappa shape index (κ3) is 3.78. The van der Waals surface area contributed by atoms with E-state index in [4.69, 9.17) is 10.5 Å². The Morgan fingerprint density at radius 2 is 2.11 bits per heavy atom. The lowest BCUT2D eigenvalue weighted by atomic mass is 10.0. The van der Waals surface area contributed by atoms with Crippen molar-refractivity contribution in [1.82, 2.24) is 24.4 Å². The van der Waals surface area contributed by atoms with Gasteiger partial charge in [-0.05, 0) is 52.4 Å². The molecule has 2 amide bonds. The molecule has 4 aromatic rings. The van der Waals surface area contributed by atoms with Crippen LogP contribution in [-0.4, -0.2) is 55.4 Å². The molecule has 1 aliphatic carbocycles. The number of piperidine rings is 1. The van der Waals surface area contributed by atoms with Crippen LogP contribution >= 0.6 is 15.9 Å². The number of likely N-dealkylation sites (tertiary alicyclic amines) is 1. The van der Waals surface area contributed by atoms with Crippen LogP contribution in [0.3, 0.4) is 0 Å². The number of hydrogen-bond donors (Lipinski definition) is 2. The Morgan fingerprint density at radius 1 is 1.30 bits per heavy atom. The van der Waals surface area contributed by atoms with Crippen molar-refractivity contribution < 1.29 is 18.7 Å². The molecule has 0 bridgehead atoms. The SMILES string of the molecule is COc1cc2c3c(N)ncnc3n(CC(=O)N3C(C(=O)Nc4cccc(Br)n4)CC4(C)CC34)c2cc1F. The number of ether oxygens (including phenoxy) is 1. The number of carbonyl (C=O) groups excluding carboxylic acids is 2. The summed E-state index contributed by atoms with van der Waals surface area (Å²) in [5.74, 6) is -0.473. The van der Waals surface area contributed by atoms with Crippen molar-refractivity contribution >= 4 is 61.3 Å². The molecule has 3 unspecified atom stereocenters. The zero-order chi connectivity index (χ0) is 26.1. The van der Waals surface area contributed by atoms with Crippen LogP contribution in [-0.2, 0) is 16.1 Å². The Hall–Kier alpha value is -3.80. The summed E-state index contributed by atoms with van der Waals surface area (Å²) in [6.45, 7) is 1.94. The van der Waals surface area contributed by atoms with Crippen molar-refractivity contribution in [2.75, 3.05) is 18.2 Å². The van der Waals surface area contributed by atoms with Crippen molar-refractivity contribution in [2.45, 2.75) is 38.4 Å². The minimum Gasteiger partial charge on any atom is -0.494 e. The molecule has 3 N–H and O–H groups in total. The average molecular weight is 568 g/mol. The van der Waals surface area contributed by atoms with Crippen LogP contribution in [0.4, 0.5) is 16.0 Å². The first-order valence-corrected chi connectivity index (χ1v) is 12.5. The van der Waals surface area contributed by atoms with Crippen LogP contribution in [0.2, 0.25) is 0 Å². The number of amides is 2. The number of hydrogen-bond acceptors (Lipinski definition) is 7. The molecule has 1 aromatic carbocycles. The lowest BCUT2D eigenvalue weighted by Crippen LogP contribution is -2.46. The van der Waals surface area contributed by atoms with Crippen LogP contribution in [0.1, 0.15) is 19.8 Å². The summed E-state index contributed by atoms with van der Waals surface area (Å²) in [5, 5.41) is 3.92. The van der Waals surface area contributed by atoms with Gasteiger partial charge in [0.2, 0.25) is 11.8 Å². The van der Waals surface area contributed by atoms with Crippen LogP contribution in [0.5, 0.6) is 5.75 Å². The van der Waals surface area contributed by atoms with E-state index in [1.165, 1.54) is 25.6 Å². The third-order valence-corrected chi connectivity index (χ3v) is 7.87. The fraction of sp³-hybridized carbons (Fsp3) is 0.320. The number of fused-ring (bicyclic) bond motifs is 4. The molecule has 0 radical (unpaired) electrons. The predicted octanol–water partition coefficient (Wildman–Crippen LogP) is 3.49. The van der Waals surface area contributed by atoms with E-state index >= 15 is 0 Å². The second-order valence-electron chi connectivity index (χ2n) is 9.78. The number of nitrogens with two attached hydrogens (primary N) is 1. The number of anilines is 2. The van der Waals surface area contributed by atoms with E-state index in [-0.39, 0.29) is 41.4 Å². The highest BCUT2D eigenvalue weighted by molar-refractivity contribution is 9.10.